The van der Waals surface area contributed by atoms with Gasteiger partial charge >= 0.3 is 0 Å². The third-order valence-corrected chi connectivity index (χ3v) is 10.6. The van der Waals surface area contributed by atoms with Gasteiger partial charge in [-0.2, -0.15) is 8.61 Å². The average molecular weight is 575 g/mol. The maximum absolute atomic E-state index is 13.5. The number of carbonyl (C=O) groups is 1. The van der Waals surface area contributed by atoms with E-state index in [0.717, 1.165) is 23.4 Å². The number of aromatic nitrogens is 3. The van der Waals surface area contributed by atoms with Crippen LogP contribution < -0.4 is 10.6 Å². The maximum atomic E-state index is 13.5. The van der Waals surface area contributed by atoms with E-state index in [1.807, 2.05) is 6.07 Å². The Labute approximate surface area is 228 Å². The van der Waals surface area contributed by atoms with Crippen molar-refractivity contribution in [3.8, 4) is 0 Å². The summed E-state index contributed by atoms with van der Waals surface area (Å²) < 4.78 is 56.8. The van der Waals surface area contributed by atoms with Crippen molar-refractivity contribution in [2.45, 2.75) is 28.7 Å². The van der Waals surface area contributed by atoms with Gasteiger partial charge in [-0.05, 0) is 35.4 Å². The van der Waals surface area contributed by atoms with Gasteiger partial charge in [0.2, 0.25) is 5.96 Å². The predicted molar refractivity (Wildman–Crippen MR) is 142 cm³/mol. The van der Waals surface area contributed by atoms with Crippen LogP contribution in [-0.2, 0) is 40.4 Å². The molecular weight excluding hydrogens is 547 g/mol. The number of imidazole rings is 1. The molecule has 2 unspecified atom stereocenters. The van der Waals surface area contributed by atoms with E-state index in [9.17, 15) is 22.2 Å². The van der Waals surface area contributed by atoms with Gasteiger partial charge in [-0.1, -0.05) is 6.07 Å². The van der Waals surface area contributed by atoms with Crippen LogP contribution in [0.2, 0.25) is 0 Å². The highest BCUT2D eigenvalue weighted by atomic mass is 32.2. The van der Waals surface area contributed by atoms with Gasteiger partial charge in [-0.25, -0.2) is 22.8 Å². The molecule has 3 atom stereocenters. The van der Waals surface area contributed by atoms with Crippen LogP contribution in [0.5, 0.6) is 0 Å². The van der Waals surface area contributed by atoms with Crippen molar-refractivity contribution in [1.82, 2.24) is 28.5 Å². The predicted octanol–water partition coefficient (Wildman–Crippen LogP) is 1.17. The molecule has 3 aromatic rings. The first-order valence-electron chi connectivity index (χ1n) is 11.9. The molecule has 1 aromatic carbocycles. The van der Waals surface area contributed by atoms with Crippen LogP contribution in [0.1, 0.15) is 28.0 Å². The number of nitrogens with one attached hydrogen (secondary N) is 3. The Morgan fingerprint density at radius 3 is 2.77 bits per heavy atom. The SMILES string of the molecule is CN1C(=N)N[C@@]2(Cc3ccc(NC(=O)c4ccc(F)cn4)cc32)C(CCN(C)S(=O)(=O)c2cn(C)cn2)[S+]1[O-]. The first kappa shape index (κ1) is 27.1. The zero-order valence-electron chi connectivity index (χ0n) is 21.4. The average Bonchev–Trinajstić information content (AvgIpc) is 3.34. The smallest absolute Gasteiger partial charge is 0.274 e. The van der Waals surface area contributed by atoms with Crippen LogP contribution >= 0.6 is 0 Å². The van der Waals surface area contributed by atoms with E-state index >= 15 is 0 Å². The van der Waals surface area contributed by atoms with Crippen molar-refractivity contribution >= 4 is 38.9 Å². The van der Waals surface area contributed by atoms with Gasteiger partial charge in [0.15, 0.2) is 10.3 Å². The topological polar surface area (TPSA) is 159 Å². The number of pyridine rings is 1. The van der Waals surface area contributed by atoms with Crippen LogP contribution in [0, 0.1) is 11.2 Å². The summed E-state index contributed by atoms with van der Waals surface area (Å²) in [5, 5.41) is 13.7. The molecular formula is C24H27FN8O4S2. The number of rotatable bonds is 7. The molecule has 0 radical (unpaired) electrons. The Morgan fingerprint density at radius 1 is 1.33 bits per heavy atom. The minimum Gasteiger partial charge on any atom is -0.593 e. The molecule has 2 aromatic heterocycles. The van der Waals surface area contributed by atoms with Crippen molar-refractivity contribution in [1.29, 1.82) is 5.41 Å². The summed E-state index contributed by atoms with van der Waals surface area (Å²) in [6.07, 6.45) is 4.49. The molecule has 0 bridgehead atoms. The Morgan fingerprint density at radius 2 is 2.10 bits per heavy atom. The third kappa shape index (κ3) is 4.75. The summed E-state index contributed by atoms with van der Waals surface area (Å²) in [6.45, 7) is 0.0713. The number of halogens is 1. The highest BCUT2D eigenvalue weighted by Crippen LogP contribution is 2.48. The number of aryl methyl sites for hydroxylation is 1. The van der Waals surface area contributed by atoms with Gasteiger partial charge in [0.1, 0.15) is 17.1 Å². The largest absolute Gasteiger partial charge is 0.593 e. The van der Waals surface area contributed by atoms with Gasteiger partial charge in [0.05, 0.1) is 30.9 Å². The number of guanidine groups is 1. The summed E-state index contributed by atoms with van der Waals surface area (Å²) in [4.78, 5) is 20.4. The molecule has 1 aliphatic heterocycles. The molecule has 206 valence electrons. The van der Waals surface area contributed by atoms with E-state index in [-0.39, 0.29) is 29.6 Å². The third-order valence-electron chi connectivity index (χ3n) is 7.06. The second-order valence-electron chi connectivity index (χ2n) is 9.56. The van der Waals surface area contributed by atoms with Crippen molar-refractivity contribution in [3.05, 3.63) is 71.7 Å². The lowest BCUT2D eigenvalue weighted by molar-refractivity contribution is 0.102. The van der Waals surface area contributed by atoms with E-state index in [1.165, 1.54) is 34.2 Å². The van der Waals surface area contributed by atoms with Crippen LogP contribution in [-0.4, -0.2) is 73.9 Å². The van der Waals surface area contributed by atoms with Gasteiger partial charge in [0.25, 0.3) is 15.9 Å². The van der Waals surface area contributed by atoms with Crippen LogP contribution in [0.3, 0.4) is 0 Å². The first-order valence-corrected chi connectivity index (χ1v) is 14.5. The zero-order valence-corrected chi connectivity index (χ0v) is 23.0. The Kier molecular flexibility index (Phi) is 6.86. The number of benzene rings is 1. The van der Waals surface area contributed by atoms with Gasteiger partial charge < -0.3 is 19.8 Å². The van der Waals surface area contributed by atoms with Crippen LogP contribution in [0.25, 0.3) is 0 Å². The Bertz CT molecular complexity index is 1550. The van der Waals surface area contributed by atoms with E-state index < -0.39 is 43.9 Å². The summed E-state index contributed by atoms with van der Waals surface area (Å²) in [6, 6.07) is 7.75. The molecule has 3 N–H and O–H groups in total. The zero-order chi connectivity index (χ0) is 28.1. The molecule has 0 saturated carbocycles. The number of hydrogen-bond acceptors (Lipinski definition) is 7. The highest BCUT2D eigenvalue weighted by molar-refractivity contribution is 7.90. The van der Waals surface area contributed by atoms with Gasteiger partial charge in [-0.3, -0.25) is 10.2 Å². The molecule has 2 aliphatic rings. The molecule has 5 rings (SSSR count). The lowest BCUT2D eigenvalue weighted by Crippen LogP contribution is -2.71. The molecule has 1 aliphatic carbocycles. The van der Waals surface area contributed by atoms with Crippen molar-refractivity contribution in [2.24, 2.45) is 7.05 Å². The highest BCUT2D eigenvalue weighted by Gasteiger charge is 2.59. The van der Waals surface area contributed by atoms with Crippen molar-refractivity contribution in [3.63, 3.8) is 0 Å². The summed E-state index contributed by atoms with van der Waals surface area (Å²) >= 11 is -1.64. The standard InChI is InChI=1S/C24H27FN8O4S2/c1-31-13-21(28-14-31)39(36,37)32(2)9-8-20-24(30-23(26)33(3)38(20)35)11-15-4-6-17(10-18(15)24)29-22(34)19-7-5-16(25)12-27-19/h4-7,10,12-14,20H,8-9,11H2,1-3H3,(H2,26,30)(H,29,34)/t20?,24-,38?/m1/s1. The monoisotopic (exact) mass is 574 g/mol. The van der Waals surface area contributed by atoms with Gasteiger partial charge in [0, 0.05) is 45.4 Å². The number of carbonyl (C=O) groups excluding carboxylic acids is 1. The Hall–Kier alpha value is -3.53. The summed E-state index contributed by atoms with van der Waals surface area (Å²) in [5.41, 5.74) is 1.32. The number of nitrogens with zero attached hydrogens (tertiary/aromatic N) is 5. The molecule has 1 spiro atoms. The molecule has 12 nitrogen and oxygen atoms in total. The molecule has 15 heteroatoms. The second kappa shape index (κ2) is 9.89. The molecule has 1 saturated heterocycles. The number of hydrogen-bond donors (Lipinski definition) is 3. The number of fused-ring (bicyclic) bond motifs is 2. The summed E-state index contributed by atoms with van der Waals surface area (Å²) in [7, 11) is 0.831. The Balaban J connectivity index is 1.39. The quantitative estimate of drug-likeness (QED) is 0.355. The molecule has 3 heterocycles. The van der Waals surface area contributed by atoms with E-state index in [1.54, 1.807) is 30.8 Å². The van der Waals surface area contributed by atoms with Crippen LogP contribution in [0.4, 0.5) is 10.1 Å². The number of anilines is 1. The van der Waals surface area contributed by atoms with E-state index in [0.29, 0.717) is 12.1 Å². The normalized spacial score (nSPS) is 22.4. The first-order chi connectivity index (χ1) is 18.4. The van der Waals surface area contributed by atoms with E-state index in [4.69, 9.17) is 5.41 Å². The van der Waals surface area contributed by atoms with Crippen molar-refractivity contribution in [2.75, 3.05) is 26.0 Å². The molecule has 1 amide bonds. The number of sulfonamides is 1. The fourth-order valence-corrected chi connectivity index (χ4v) is 7.56. The van der Waals surface area contributed by atoms with Gasteiger partial charge in [-0.15, -0.1) is 0 Å². The fourth-order valence-electron chi connectivity index (χ4n) is 4.89. The van der Waals surface area contributed by atoms with E-state index in [2.05, 4.69) is 20.6 Å². The minimum atomic E-state index is -3.85. The van der Waals surface area contributed by atoms with Crippen LogP contribution in [0.15, 0.2) is 54.1 Å². The lowest BCUT2D eigenvalue weighted by Gasteiger charge is -2.53. The molecule has 1 fully saturated rings. The second-order valence-corrected chi connectivity index (χ2v) is 13.2. The maximum Gasteiger partial charge on any atom is 0.274 e. The lowest BCUT2D eigenvalue weighted by atomic mass is 9.67. The van der Waals surface area contributed by atoms with Crippen molar-refractivity contribution < 1.29 is 22.2 Å². The summed E-state index contributed by atoms with van der Waals surface area (Å²) in [5.74, 6) is -1.09. The minimum absolute atomic E-state index is 0.0188. The number of amides is 1. The molecule has 39 heavy (non-hydrogen) atoms. The fraction of sp³-hybridized carbons (Fsp3) is 0.333.